The first kappa shape index (κ1) is 15.1. The highest BCUT2D eigenvalue weighted by atomic mass is 35.5. The van der Waals surface area contributed by atoms with E-state index in [2.05, 4.69) is 15.2 Å². The highest BCUT2D eigenvalue weighted by Crippen LogP contribution is 2.19. The first-order valence-corrected chi connectivity index (χ1v) is 7.12. The topological polar surface area (TPSA) is 92.0 Å². The lowest BCUT2D eigenvalue weighted by atomic mass is 10.0. The van der Waals surface area contributed by atoms with Crippen molar-refractivity contribution in [2.24, 2.45) is 0 Å². The molecule has 0 aliphatic rings. The molecule has 3 rings (SSSR count). The van der Waals surface area contributed by atoms with Gasteiger partial charge in [-0.3, -0.25) is 9.89 Å². The van der Waals surface area contributed by atoms with Crippen LogP contribution in [0.2, 0.25) is 5.02 Å². The van der Waals surface area contributed by atoms with Crippen LogP contribution in [-0.4, -0.2) is 26.1 Å². The Bertz CT molecular complexity index is 836. The molecule has 0 radical (unpaired) electrons. The van der Waals surface area contributed by atoms with E-state index in [0.717, 1.165) is 17.2 Å². The van der Waals surface area contributed by atoms with E-state index in [9.17, 15) is 9.90 Å². The zero-order chi connectivity index (χ0) is 16.2. The fourth-order valence-electron chi connectivity index (χ4n) is 2.10. The number of hydrogen-bond acceptors (Lipinski definition) is 5. The van der Waals surface area contributed by atoms with Gasteiger partial charge in [-0.1, -0.05) is 23.7 Å². The van der Waals surface area contributed by atoms with Gasteiger partial charge in [0.25, 0.3) is 0 Å². The van der Waals surface area contributed by atoms with Crippen LogP contribution in [0.3, 0.4) is 0 Å². The fraction of sp³-hybridized carbons (Fsp3) is 0.0625. The lowest BCUT2D eigenvalue weighted by molar-refractivity contribution is 0.104. The summed E-state index contributed by atoms with van der Waals surface area (Å²) in [6.07, 6.45) is 5.77. The zero-order valence-corrected chi connectivity index (χ0v) is 12.6. The van der Waals surface area contributed by atoms with Gasteiger partial charge in [-0.25, -0.2) is 4.98 Å². The number of benzene rings is 1. The van der Waals surface area contributed by atoms with Gasteiger partial charge in [-0.2, -0.15) is 5.10 Å². The Morgan fingerprint density at radius 3 is 2.78 bits per heavy atom. The Hall–Kier alpha value is -2.86. The molecule has 0 spiro atoms. The summed E-state index contributed by atoms with van der Waals surface area (Å²) >= 11 is 5.86. The van der Waals surface area contributed by atoms with Crippen molar-refractivity contribution in [2.45, 2.75) is 6.42 Å². The van der Waals surface area contributed by atoms with Crippen LogP contribution in [0.25, 0.3) is 5.76 Å². The second kappa shape index (κ2) is 6.50. The molecule has 0 bridgehead atoms. The zero-order valence-electron chi connectivity index (χ0n) is 11.9. The predicted octanol–water partition coefficient (Wildman–Crippen LogP) is 3.42. The Balaban J connectivity index is 1.81. The Morgan fingerprint density at radius 1 is 1.30 bits per heavy atom. The number of allylic oxidation sites excluding steroid dienone is 1. The molecule has 0 atom stereocenters. The molecule has 23 heavy (non-hydrogen) atoms. The summed E-state index contributed by atoms with van der Waals surface area (Å²) in [4.78, 5) is 16.1. The number of aromatic amines is 1. The van der Waals surface area contributed by atoms with E-state index in [1.165, 1.54) is 18.9 Å². The third-order valence-electron chi connectivity index (χ3n) is 3.23. The average Bonchev–Trinajstić information content (AvgIpc) is 3.20. The van der Waals surface area contributed by atoms with Gasteiger partial charge in [0, 0.05) is 23.1 Å². The predicted molar refractivity (Wildman–Crippen MR) is 84.3 cm³/mol. The van der Waals surface area contributed by atoms with Crippen LogP contribution in [0.5, 0.6) is 0 Å². The Labute approximate surface area is 136 Å². The number of hydrogen-bond donors (Lipinski definition) is 2. The highest BCUT2D eigenvalue weighted by Gasteiger charge is 2.15. The number of H-pyrrole nitrogens is 1. The first-order valence-electron chi connectivity index (χ1n) is 6.74. The second-order valence-corrected chi connectivity index (χ2v) is 5.27. The van der Waals surface area contributed by atoms with Crippen LogP contribution in [0.1, 0.15) is 27.3 Å². The maximum atomic E-state index is 12.3. The van der Waals surface area contributed by atoms with Crippen molar-refractivity contribution < 1.29 is 14.3 Å². The minimum atomic E-state index is -0.384. The summed E-state index contributed by atoms with van der Waals surface area (Å²) in [7, 11) is 0. The van der Waals surface area contributed by atoms with E-state index in [1.807, 2.05) is 12.1 Å². The van der Waals surface area contributed by atoms with Crippen molar-refractivity contribution in [3.05, 3.63) is 76.7 Å². The molecule has 0 aliphatic heterocycles. The standard InChI is InChI=1S/C16H12ClN3O3/c17-12-3-1-10(2-4-12)5-11-7-23-8-13(11)14(21)6-15(22)16-18-9-19-20-16/h1-4,6-9,22H,5H2,(H,18,19,20). The molecule has 2 aromatic heterocycles. The van der Waals surface area contributed by atoms with E-state index in [0.29, 0.717) is 17.0 Å². The van der Waals surface area contributed by atoms with Gasteiger partial charge in [0.1, 0.15) is 12.6 Å². The fourth-order valence-corrected chi connectivity index (χ4v) is 2.22. The molecule has 7 heteroatoms. The molecular formula is C16H12ClN3O3. The van der Waals surface area contributed by atoms with Crippen molar-refractivity contribution in [3.8, 4) is 0 Å². The number of aliphatic hydroxyl groups excluding tert-OH is 1. The van der Waals surface area contributed by atoms with E-state index < -0.39 is 0 Å². The number of aliphatic hydroxyl groups is 1. The molecule has 0 saturated heterocycles. The summed E-state index contributed by atoms with van der Waals surface area (Å²) < 4.78 is 5.14. The van der Waals surface area contributed by atoms with E-state index >= 15 is 0 Å². The molecule has 1 aromatic carbocycles. The summed E-state index contributed by atoms with van der Waals surface area (Å²) in [5, 5.41) is 16.7. The lowest BCUT2D eigenvalue weighted by Gasteiger charge is -2.01. The van der Waals surface area contributed by atoms with Gasteiger partial charge in [0.15, 0.2) is 11.5 Å². The number of nitrogens with one attached hydrogen (secondary N) is 1. The number of halogens is 1. The molecule has 2 heterocycles. The molecule has 2 N–H and O–H groups in total. The molecule has 6 nitrogen and oxygen atoms in total. The number of ketones is 1. The monoisotopic (exact) mass is 329 g/mol. The molecule has 0 unspecified atom stereocenters. The molecule has 0 fully saturated rings. The normalized spacial score (nSPS) is 11.6. The summed E-state index contributed by atoms with van der Waals surface area (Å²) in [6.45, 7) is 0. The third kappa shape index (κ3) is 3.49. The van der Waals surface area contributed by atoms with Crippen LogP contribution < -0.4 is 0 Å². The second-order valence-electron chi connectivity index (χ2n) is 4.83. The quantitative estimate of drug-likeness (QED) is 0.425. The molecule has 0 saturated carbocycles. The molecular weight excluding hydrogens is 318 g/mol. The summed E-state index contributed by atoms with van der Waals surface area (Å²) in [6, 6.07) is 7.33. The van der Waals surface area contributed by atoms with Crippen LogP contribution in [-0.2, 0) is 6.42 Å². The SMILES string of the molecule is O=C(C=C(O)c1nc[nH]n1)c1cocc1Cc1ccc(Cl)cc1. The first-order chi connectivity index (χ1) is 11.1. The number of carbonyl (C=O) groups is 1. The van der Waals surface area contributed by atoms with E-state index in [4.69, 9.17) is 16.0 Å². The number of aromatic nitrogens is 3. The van der Waals surface area contributed by atoms with Crippen LogP contribution in [0, 0.1) is 0 Å². The molecule has 116 valence electrons. The molecule has 0 aliphatic carbocycles. The minimum Gasteiger partial charge on any atom is -0.504 e. The number of carbonyl (C=O) groups excluding carboxylic acids is 1. The van der Waals surface area contributed by atoms with Crippen LogP contribution in [0.4, 0.5) is 0 Å². The minimum absolute atomic E-state index is 0.0566. The summed E-state index contributed by atoms with van der Waals surface area (Å²) in [5.74, 6) is -0.638. The maximum absolute atomic E-state index is 12.3. The Kier molecular flexibility index (Phi) is 4.25. The number of furan rings is 1. The summed E-state index contributed by atoms with van der Waals surface area (Å²) in [5.41, 5.74) is 2.09. The van der Waals surface area contributed by atoms with Crippen LogP contribution >= 0.6 is 11.6 Å². The lowest BCUT2D eigenvalue weighted by Crippen LogP contribution is -2.00. The van der Waals surface area contributed by atoms with Gasteiger partial charge in [-0.05, 0) is 17.7 Å². The van der Waals surface area contributed by atoms with Crippen molar-refractivity contribution in [1.82, 2.24) is 15.2 Å². The van der Waals surface area contributed by atoms with Gasteiger partial charge in [-0.15, -0.1) is 0 Å². The van der Waals surface area contributed by atoms with Crippen molar-refractivity contribution in [1.29, 1.82) is 0 Å². The molecule has 3 aromatic rings. The van der Waals surface area contributed by atoms with E-state index in [1.54, 1.807) is 12.1 Å². The van der Waals surface area contributed by atoms with Crippen LogP contribution in [0.15, 0.2) is 53.6 Å². The number of nitrogens with zero attached hydrogens (tertiary/aromatic N) is 2. The largest absolute Gasteiger partial charge is 0.504 e. The average molecular weight is 330 g/mol. The highest BCUT2D eigenvalue weighted by molar-refractivity contribution is 6.30. The Morgan fingerprint density at radius 2 is 2.09 bits per heavy atom. The van der Waals surface area contributed by atoms with Gasteiger partial charge in [0.05, 0.1) is 11.8 Å². The van der Waals surface area contributed by atoms with Crippen molar-refractivity contribution in [3.63, 3.8) is 0 Å². The van der Waals surface area contributed by atoms with Crippen molar-refractivity contribution in [2.75, 3.05) is 0 Å². The number of rotatable bonds is 5. The third-order valence-corrected chi connectivity index (χ3v) is 3.48. The van der Waals surface area contributed by atoms with Crippen molar-refractivity contribution >= 4 is 23.1 Å². The maximum Gasteiger partial charge on any atom is 0.215 e. The molecule has 0 amide bonds. The smallest absolute Gasteiger partial charge is 0.215 e. The van der Waals surface area contributed by atoms with Gasteiger partial charge >= 0.3 is 0 Å². The van der Waals surface area contributed by atoms with Gasteiger partial charge < -0.3 is 9.52 Å². The van der Waals surface area contributed by atoms with Gasteiger partial charge in [0.2, 0.25) is 5.82 Å². The van der Waals surface area contributed by atoms with E-state index in [-0.39, 0.29) is 17.4 Å².